The molecule has 1 aromatic carbocycles. The number of halogens is 1. The summed E-state index contributed by atoms with van der Waals surface area (Å²) in [6.45, 7) is 2.03. The maximum absolute atomic E-state index is 13.1. The van der Waals surface area contributed by atoms with Gasteiger partial charge in [-0.1, -0.05) is 12.1 Å². The summed E-state index contributed by atoms with van der Waals surface area (Å²) in [5.74, 6) is -0.231. The van der Waals surface area contributed by atoms with E-state index in [4.69, 9.17) is 0 Å². The molecular weight excluding hydrogens is 223 g/mol. The lowest BCUT2D eigenvalue weighted by Gasteiger charge is -1.95. The summed E-state index contributed by atoms with van der Waals surface area (Å²) in [6.07, 6.45) is 1.94. The van der Waals surface area contributed by atoms with Crippen LogP contribution in [0.2, 0.25) is 0 Å². The Kier molecular flexibility index (Phi) is 2.04. The van der Waals surface area contributed by atoms with E-state index < -0.39 is 0 Å². The van der Waals surface area contributed by atoms with E-state index in [9.17, 15) is 4.39 Å². The third-order valence-electron chi connectivity index (χ3n) is 2.51. The minimum atomic E-state index is -0.231. The van der Waals surface area contributed by atoms with Gasteiger partial charge in [-0.3, -0.25) is 4.40 Å². The molecule has 0 spiro atoms. The monoisotopic (exact) mass is 232 g/mol. The van der Waals surface area contributed by atoms with E-state index in [2.05, 4.69) is 10.4 Å². The number of hydrogen-bond acceptors (Lipinski definition) is 2. The SMILES string of the molecule is Cc1csc2nc(-c3cccc(F)c3)cn12. The normalized spacial score (nSPS) is 11.1. The zero-order chi connectivity index (χ0) is 11.1. The highest BCUT2D eigenvalue weighted by molar-refractivity contribution is 7.15. The van der Waals surface area contributed by atoms with E-state index in [0.29, 0.717) is 0 Å². The molecule has 0 N–H and O–H groups in total. The molecule has 0 fully saturated rings. The fourth-order valence-corrected chi connectivity index (χ4v) is 2.53. The third kappa shape index (κ3) is 1.42. The van der Waals surface area contributed by atoms with Crippen molar-refractivity contribution in [3.05, 3.63) is 47.4 Å². The highest BCUT2D eigenvalue weighted by Gasteiger charge is 2.07. The fourth-order valence-electron chi connectivity index (χ4n) is 1.68. The summed E-state index contributed by atoms with van der Waals surface area (Å²) in [4.78, 5) is 5.40. The Hall–Kier alpha value is -1.68. The van der Waals surface area contributed by atoms with E-state index in [0.717, 1.165) is 21.9 Å². The van der Waals surface area contributed by atoms with Crippen molar-refractivity contribution in [2.24, 2.45) is 0 Å². The van der Waals surface area contributed by atoms with Crippen LogP contribution in [0.15, 0.2) is 35.8 Å². The van der Waals surface area contributed by atoms with E-state index in [1.54, 1.807) is 17.4 Å². The molecule has 16 heavy (non-hydrogen) atoms. The largest absolute Gasteiger partial charge is 0.294 e. The van der Waals surface area contributed by atoms with Crippen LogP contribution in [0.4, 0.5) is 4.39 Å². The first-order valence-electron chi connectivity index (χ1n) is 4.93. The average Bonchev–Trinajstić information content (AvgIpc) is 2.81. The standard InChI is InChI=1S/C12H9FN2S/c1-8-7-16-12-14-11(6-15(8)12)9-3-2-4-10(13)5-9/h2-7H,1H3. The van der Waals surface area contributed by atoms with Crippen molar-refractivity contribution in [2.45, 2.75) is 6.92 Å². The Morgan fingerprint density at radius 1 is 1.38 bits per heavy atom. The minimum absolute atomic E-state index is 0.231. The van der Waals surface area contributed by atoms with Crippen LogP contribution in [-0.4, -0.2) is 9.38 Å². The van der Waals surface area contributed by atoms with Crippen LogP contribution in [0.3, 0.4) is 0 Å². The summed E-state index contributed by atoms with van der Waals surface area (Å²) >= 11 is 1.59. The molecule has 0 aliphatic carbocycles. The summed E-state index contributed by atoms with van der Waals surface area (Å²) < 4.78 is 15.1. The summed E-state index contributed by atoms with van der Waals surface area (Å²) in [5.41, 5.74) is 2.78. The van der Waals surface area contributed by atoms with Crippen molar-refractivity contribution in [3.8, 4) is 11.3 Å². The van der Waals surface area contributed by atoms with Gasteiger partial charge >= 0.3 is 0 Å². The molecule has 0 saturated carbocycles. The second kappa shape index (κ2) is 3.42. The van der Waals surface area contributed by atoms with Gasteiger partial charge in [0.05, 0.1) is 5.69 Å². The van der Waals surface area contributed by atoms with E-state index in [-0.39, 0.29) is 5.82 Å². The Labute approximate surface area is 96.0 Å². The van der Waals surface area contributed by atoms with Crippen LogP contribution in [0.1, 0.15) is 5.69 Å². The predicted molar refractivity (Wildman–Crippen MR) is 63.2 cm³/mol. The molecule has 3 aromatic rings. The van der Waals surface area contributed by atoms with E-state index >= 15 is 0 Å². The second-order valence-electron chi connectivity index (χ2n) is 3.67. The molecule has 0 bridgehead atoms. The first-order chi connectivity index (χ1) is 7.74. The topological polar surface area (TPSA) is 17.3 Å². The molecule has 2 heterocycles. The minimum Gasteiger partial charge on any atom is -0.294 e. The highest BCUT2D eigenvalue weighted by Crippen LogP contribution is 2.23. The molecule has 80 valence electrons. The molecule has 0 unspecified atom stereocenters. The maximum atomic E-state index is 13.1. The van der Waals surface area contributed by atoms with Crippen molar-refractivity contribution in [3.63, 3.8) is 0 Å². The first-order valence-corrected chi connectivity index (χ1v) is 5.81. The number of aryl methyl sites for hydroxylation is 1. The van der Waals surface area contributed by atoms with Gasteiger partial charge in [-0.15, -0.1) is 11.3 Å². The maximum Gasteiger partial charge on any atom is 0.194 e. The van der Waals surface area contributed by atoms with Crippen LogP contribution in [0.5, 0.6) is 0 Å². The summed E-state index contributed by atoms with van der Waals surface area (Å²) in [5, 5.41) is 2.05. The van der Waals surface area contributed by atoms with Gasteiger partial charge in [0.15, 0.2) is 4.96 Å². The van der Waals surface area contributed by atoms with Crippen molar-refractivity contribution in [2.75, 3.05) is 0 Å². The lowest BCUT2D eigenvalue weighted by atomic mass is 10.2. The second-order valence-corrected chi connectivity index (χ2v) is 4.50. The van der Waals surface area contributed by atoms with Gasteiger partial charge in [0.2, 0.25) is 0 Å². The predicted octanol–water partition coefficient (Wildman–Crippen LogP) is 3.51. The van der Waals surface area contributed by atoms with Crippen molar-refractivity contribution in [1.82, 2.24) is 9.38 Å². The molecule has 0 saturated heterocycles. The number of imidazole rings is 1. The van der Waals surface area contributed by atoms with Crippen LogP contribution in [-0.2, 0) is 0 Å². The van der Waals surface area contributed by atoms with E-state index in [1.165, 1.54) is 12.1 Å². The third-order valence-corrected chi connectivity index (χ3v) is 3.47. The van der Waals surface area contributed by atoms with E-state index in [1.807, 2.05) is 23.6 Å². The molecule has 2 aromatic heterocycles. The number of rotatable bonds is 1. The molecule has 2 nitrogen and oxygen atoms in total. The molecule has 0 amide bonds. The number of nitrogens with zero attached hydrogens (tertiary/aromatic N) is 2. The van der Waals surface area contributed by atoms with Gasteiger partial charge in [-0.2, -0.15) is 0 Å². The van der Waals surface area contributed by atoms with Gasteiger partial charge in [0, 0.05) is 22.8 Å². The zero-order valence-corrected chi connectivity index (χ0v) is 9.46. The van der Waals surface area contributed by atoms with Crippen LogP contribution in [0.25, 0.3) is 16.2 Å². The van der Waals surface area contributed by atoms with Crippen LogP contribution in [0, 0.1) is 12.7 Å². The van der Waals surface area contributed by atoms with Crippen molar-refractivity contribution in [1.29, 1.82) is 0 Å². The quantitative estimate of drug-likeness (QED) is 0.627. The Balaban J connectivity index is 2.19. The molecule has 4 heteroatoms. The van der Waals surface area contributed by atoms with Gasteiger partial charge < -0.3 is 0 Å². The van der Waals surface area contributed by atoms with Crippen molar-refractivity contribution < 1.29 is 4.39 Å². The lowest BCUT2D eigenvalue weighted by Crippen LogP contribution is -1.80. The Morgan fingerprint density at radius 2 is 2.25 bits per heavy atom. The van der Waals surface area contributed by atoms with Gasteiger partial charge in [-0.05, 0) is 19.1 Å². The zero-order valence-electron chi connectivity index (χ0n) is 8.64. The van der Waals surface area contributed by atoms with Gasteiger partial charge in [0.25, 0.3) is 0 Å². The van der Waals surface area contributed by atoms with Gasteiger partial charge in [-0.25, -0.2) is 9.37 Å². The number of hydrogen-bond donors (Lipinski definition) is 0. The molecule has 0 aliphatic rings. The fraction of sp³-hybridized carbons (Fsp3) is 0.0833. The number of thiazole rings is 1. The van der Waals surface area contributed by atoms with Crippen LogP contribution >= 0.6 is 11.3 Å². The number of fused-ring (bicyclic) bond motifs is 1. The Morgan fingerprint density at radius 3 is 3.00 bits per heavy atom. The molecule has 0 radical (unpaired) electrons. The average molecular weight is 232 g/mol. The molecule has 0 aliphatic heterocycles. The summed E-state index contributed by atoms with van der Waals surface area (Å²) in [7, 11) is 0. The molecule has 0 atom stereocenters. The first kappa shape index (κ1) is 9.54. The van der Waals surface area contributed by atoms with Gasteiger partial charge in [0.1, 0.15) is 5.82 Å². The van der Waals surface area contributed by atoms with Crippen molar-refractivity contribution >= 4 is 16.3 Å². The lowest BCUT2D eigenvalue weighted by molar-refractivity contribution is 0.628. The Bertz CT molecular complexity index is 654. The number of benzene rings is 1. The highest BCUT2D eigenvalue weighted by atomic mass is 32.1. The molecular formula is C12H9FN2S. The van der Waals surface area contributed by atoms with Crippen LogP contribution < -0.4 is 0 Å². The number of aromatic nitrogens is 2. The summed E-state index contributed by atoms with van der Waals surface area (Å²) in [6, 6.07) is 6.50. The molecule has 3 rings (SSSR count). The smallest absolute Gasteiger partial charge is 0.194 e.